The number of aryl methyl sites for hydroxylation is 2. The lowest BCUT2D eigenvalue weighted by atomic mass is 10.1. The van der Waals surface area contributed by atoms with E-state index in [0.717, 1.165) is 28.9 Å². The molecule has 162 valence electrons. The van der Waals surface area contributed by atoms with E-state index < -0.39 is 0 Å². The van der Waals surface area contributed by atoms with Crippen LogP contribution in [0.5, 0.6) is 0 Å². The predicted octanol–water partition coefficient (Wildman–Crippen LogP) is 5.68. The number of rotatable bonds is 7. The second-order valence-electron chi connectivity index (χ2n) is 7.35. The van der Waals surface area contributed by atoms with Crippen molar-refractivity contribution in [3.8, 4) is 17.1 Å². The Bertz CT molecular complexity index is 1240. The summed E-state index contributed by atoms with van der Waals surface area (Å²) in [6.45, 7) is 4.07. The lowest BCUT2D eigenvalue weighted by Crippen LogP contribution is -2.14. The van der Waals surface area contributed by atoms with Gasteiger partial charge in [-0.05, 0) is 55.3 Å². The highest BCUT2D eigenvalue weighted by atomic mass is 32.2. The van der Waals surface area contributed by atoms with Crippen LogP contribution in [0.2, 0.25) is 0 Å². The zero-order valence-corrected chi connectivity index (χ0v) is 18.7. The number of nitrogens with zero attached hydrogens (tertiary/aromatic N) is 3. The van der Waals surface area contributed by atoms with Crippen molar-refractivity contribution in [3.63, 3.8) is 0 Å². The summed E-state index contributed by atoms with van der Waals surface area (Å²) < 4.78 is 16.3. The van der Waals surface area contributed by atoms with E-state index in [4.69, 9.17) is 0 Å². The normalized spacial score (nSPS) is 10.8. The molecule has 1 heterocycles. The second kappa shape index (κ2) is 9.78. The van der Waals surface area contributed by atoms with Crippen molar-refractivity contribution in [2.24, 2.45) is 0 Å². The van der Waals surface area contributed by atoms with Gasteiger partial charge in [-0.3, -0.25) is 9.36 Å². The van der Waals surface area contributed by atoms with Crippen LogP contribution >= 0.6 is 11.8 Å². The summed E-state index contributed by atoms with van der Waals surface area (Å²) in [7, 11) is 0. The molecule has 32 heavy (non-hydrogen) atoms. The molecule has 0 unspecified atom stereocenters. The summed E-state index contributed by atoms with van der Waals surface area (Å²) in [6.07, 6.45) is 0.900. The van der Waals surface area contributed by atoms with Gasteiger partial charge in [0.05, 0.1) is 11.3 Å². The second-order valence-corrected chi connectivity index (χ2v) is 8.29. The molecule has 4 aromatic rings. The van der Waals surface area contributed by atoms with Gasteiger partial charge in [-0.15, -0.1) is 10.2 Å². The third-order valence-corrected chi connectivity index (χ3v) is 5.92. The number of hydrogen-bond donors (Lipinski definition) is 1. The zero-order valence-electron chi connectivity index (χ0n) is 17.9. The van der Waals surface area contributed by atoms with E-state index in [1.54, 1.807) is 22.8 Å². The van der Waals surface area contributed by atoms with E-state index in [2.05, 4.69) is 22.4 Å². The molecular formula is C25H23FN4OS. The fourth-order valence-corrected chi connectivity index (χ4v) is 4.06. The lowest BCUT2D eigenvalue weighted by molar-refractivity contribution is -0.113. The van der Waals surface area contributed by atoms with Gasteiger partial charge in [0.25, 0.3) is 0 Å². The molecule has 7 heteroatoms. The molecule has 0 radical (unpaired) electrons. The highest BCUT2D eigenvalue weighted by Gasteiger charge is 2.19. The number of carbonyl (C=O) groups excluding carboxylic acids is 1. The molecule has 1 N–H and O–H groups in total. The van der Waals surface area contributed by atoms with Crippen LogP contribution in [-0.2, 0) is 11.2 Å². The van der Waals surface area contributed by atoms with Crippen LogP contribution in [-0.4, -0.2) is 26.4 Å². The average Bonchev–Trinajstić information content (AvgIpc) is 3.22. The number of anilines is 1. The molecule has 0 fully saturated rings. The topological polar surface area (TPSA) is 59.8 Å². The molecule has 0 spiro atoms. The van der Waals surface area contributed by atoms with E-state index >= 15 is 0 Å². The largest absolute Gasteiger partial charge is 0.325 e. The standard InChI is InChI=1S/C25H23FN4OS/c1-3-18-7-6-8-19(15-18)27-23(31)16-32-25-29-28-24(21-9-4-5-10-22(21)26)30(25)20-13-11-17(2)12-14-20/h4-15H,3,16H2,1-2H3,(H,27,31). The van der Waals surface area contributed by atoms with Gasteiger partial charge >= 0.3 is 0 Å². The van der Waals surface area contributed by atoms with Crippen molar-refractivity contribution in [2.45, 2.75) is 25.4 Å². The highest BCUT2D eigenvalue weighted by molar-refractivity contribution is 7.99. The maximum Gasteiger partial charge on any atom is 0.234 e. The van der Waals surface area contributed by atoms with Crippen LogP contribution in [0.15, 0.2) is 78.0 Å². The molecule has 0 aliphatic rings. The Morgan fingerprint density at radius 2 is 1.81 bits per heavy atom. The number of amides is 1. The molecule has 0 saturated heterocycles. The molecule has 0 aliphatic carbocycles. The van der Waals surface area contributed by atoms with Gasteiger partial charge < -0.3 is 5.32 Å². The van der Waals surface area contributed by atoms with Gasteiger partial charge in [-0.2, -0.15) is 0 Å². The molecule has 5 nitrogen and oxygen atoms in total. The molecule has 0 bridgehead atoms. The van der Waals surface area contributed by atoms with Crippen LogP contribution in [0.25, 0.3) is 17.1 Å². The first-order chi connectivity index (χ1) is 15.5. The van der Waals surface area contributed by atoms with Gasteiger partial charge in [0.1, 0.15) is 5.82 Å². The summed E-state index contributed by atoms with van der Waals surface area (Å²) in [5, 5.41) is 12.0. The van der Waals surface area contributed by atoms with E-state index in [9.17, 15) is 9.18 Å². The van der Waals surface area contributed by atoms with E-state index in [0.29, 0.717) is 16.5 Å². The number of aromatic nitrogens is 3. The molecular weight excluding hydrogens is 423 g/mol. The van der Waals surface area contributed by atoms with Gasteiger partial charge in [-0.1, -0.05) is 60.6 Å². The van der Waals surface area contributed by atoms with Crippen LogP contribution in [0.1, 0.15) is 18.1 Å². The summed E-state index contributed by atoms with van der Waals surface area (Å²) in [4.78, 5) is 12.6. The zero-order chi connectivity index (χ0) is 22.5. The molecule has 0 aliphatic heterocycles. The number of carbonyl (C=O) groups is 1. The number of benzene rings is 3. The number of hydrogen-bond acceptors (Lipinski definition) is 4. The first kappa shape index (κ1) is 21.8. The molecule has 4 rings (SSSR count). The van der Waals surface area contributed by atoms with Crippen molar-refractivity contribution >= 4 is 23.4 Å². The van der Waals surface area contributed by atoms with E-state index in [-0.39, 0.29) is 17.5 Å². The third-order valence-electron chi connectivity index (χ3n) is 4.99. The Hall–Kier alpha value is -3.45. The van der Waals surface area contributed by atoms with Crippen molar-refractivity contribution < 1.29 is 9.18 Å². The van der Waals surface area contributed by atoms with Crippen molar-refractivity contribution in [1.29, 1.82) is 0 Å². The Morgan fingerprint density at radius 3 is 2.56 bits per heavy atom. The van der Waals surface area contributed by atoms with E-state index in [1.165, 1.54) is 17.8 Å². The SMILES string of the molecule is CCc1cccc(NC(=O)CSc2nnc(-c3ccccc3F)n2-c2ccc(C)cc2)c1. The summed E-state index contributed by atoms with van der Waals surface area (Å²) >= 11 is 1.26. The lowest BCUT2D eigenvalue weighted by Gasteiger charge is -2.11. The van der Waals surface area contributed by atoms with Crippen molar-refractivity contribution in [3.05, 3.63) is 89.7 Å². The predicted molar refractivity (Wildman–Crippen MR) is 127 cm³/mol. The van der Waals surface area contributed by atoms with Gasteiger partial charge in [0, 0.05) is 11.4 Å². The van der Waals surface area contributed by atoms with Gasteiger partial charge in [-0.25, -0.2) is 4.39 Å². The number of nitrogens with one attached hydrogen (secondary N) is 1. The van der Waals surface area contributed by atoms with Crippen LogP contribution < -0.4 is 5.32 Å². The van der Waals surface area contributed by atoms with Crippen LogP contribution in [0.3, 0.4) is 0 Å². The quantitative estimate of drug-likeness (QED) is 0.371. The van der Waals surface area contributed by atoms with Crippen LogP contribution in [0, 0.1) is 12.7 Å². The minimum atomic E-state index is -0.377. The Morgan fingerprint density at radius 1 is 1.03 bits per heavy atom. The first-order valence-electron chi connectivity index (χ1n) is 10.3. The van der Waals surface area contributed by atoms with Crippen molar-refractivity contribution in [2.75, 3.05) is 11.1 Å². The van der Waals surface area contributed by atoms with Crippen LogP contribution in [0.4, 0.5) is 10.1 Å². The van der Waals surface area contributed by atoms with Crippen molar-refractivity contribution in [1.82, 2.24) is 14.8 Å². The molecule has 3 aromatic carbocycles. The fourth-order valence-electron chi connectivity index (χ4n) is 3.30. The molecule has 0 saturated carbocycles. The smallest absolute Gasteiger partial charge is 0.234 e. The Kier molecular flexibility index (Phi) is 6.66. The number of thioether (sulfide) groups is 1. The molecule has 1 amide bonds. The minimum absolute atomic E-state index is 0.144. The minimum Gasteiger partial charge on any atom is -0.325 e. The molecule has 0 atom stereocenters. The number of halogens is 1. The summed E-state index contributed by atoms with van der Waals surface area (Å²) in [5.41, 5.74) is 4.19. The maximum atomic E-state index is 14.5. The Balaban J connectivity index is 1.60. The maximum absolute atomic E-state index is 14.5. The highest BCUT2D eigenvalue weighted by Crippen LogP contribution is 2.29. The Labute approximate surface area is 190 Å². The fraction of sp³-hybridized carbons (Fsp3) is 0.160. The molecule has 1 aromatic heterocycles. The van der Waals surface area contributed by atoms with Gasteiger partial charge in [0.15, 0.2) is 11.0 Å². The monoisotopic (exact) mass is 446 g/mol. The van der Waals surface area contributed by atoms with Gasteiger partial charge in [0.2, 0.25) is 5.91 Å². The summed E-state index contributed by atoms with van der Waals surface area (Å²) in [6, 6.07) is 22.1. The average molecular weight is 447 g/mol. The third kappa shape index (κ3) is 4.89. The van der Waals surface area contributed by atoms with E-state index in [1.807, 2.05) is 55.5 Å². The summed E-state index contributed by atoms with van der Waals surface area (Å²) in [5.74, 6) is 0.0236. The first-order valence-corrected chi connectivity index (χ1v) is 11.3.